The molecule has 1 amide bonds. The summed E-state index contributed by atoms with van der Waals surface area (Å²) in [6, 6.07) is 5.86. The van der Waals surface area contributed by atoms with Crippen LogP contribution in [0.25, 0.3) is 0 Å². The van der Waals surface area contributed by atoms with Crippen LogP contribution in [0.5, 0.6) is 11.5 Å². The summed E-state index contributed by atoms with van der Waals surface area (Å²) in [5, 5.41) is 11.7. The number of fused-ring (bicyclic) bond motifs is 2. The number of hydrogen-bond acceptors (Lipinski definition) is 6. The number of ether oxygens (including phenoxy) is 2. The predicted molar refractivity (Wildman–Crippen MR) is 114 cm³/mol. The van der Waals surface area contributed by atoms with Gasteiger partial charge >= 0.3 is 0 Å². The smallest absolute Gasteiger partial charge is 0.278 e. The van der Waals surface area contributed by atoms with Crippen molar-refractivity contribution in [1.29, 1.82) is 0 Å². The molecule has 1 aliphatic heterocycles. The Morgan fingerprint density at radius 1 is 1.26 bits per heavy atom. The van der Waals surface area contributed by atoms with E-state index in [2.05, 4.69) is 22.5 Å². The van der Waals surface area contributed by atoms with Gasteiger partial charge in [-0.3, -0.25) is 9.48 Å². The fourth-order valence-corrected chi connectivity index (χ4v) is 4.42. The molecule has 1 atom stereocenters. The van der Waals surface area contributed by atoms with Gasteiger partial charge in [-0.25, -0.2) is 0 Å². The minimum atomic E-state index is -0.240. The van der Waals surface area contributed by atoms with Gasteiger partial charge in [-0.2, -0.15) is 5.10 Å². The molecule has 0 bridgehead atoms. The molecule has 8 nitrogen and oxygen atoms in total. The summed E-state index contributed by atoms with van der Waals surface area (Å²) < 4.78 is 18.2. The van der Waals surface area contributed by atoms with Crippen LogP contribution in [0.15, 0.2) is 22.7 Å². The summed E-state index contributed by atoms with van der Waals surface area (Å²) in [5.74, 6) is 2.68. The van der Waals surface area contributed by atoms with Crippen molar-refractivity contribution in [2.24, 2.45) is 5.92 Å². The SMILES string of the molecule is CCC1CCc2onc(C(=O)Nc3c(C)nn(Cc4ccc5c(c4)OCO5)c3C)c2C1. The first kappa shape index (κ1) is 19.7. The van der Waals surface area contributed by atoms with Gasteiger partial charge in [0.25, 0.3) is 5.91 Å². The van der Waals surface area contributed by atoms with Crippen molar-refractivity contribution in [2.45, 2.75) is 53.0 Å². The number of aryl methyl sites for hydroxylation is 2. The topological polar surface area (TPSA) is 91.4 Å². The Balaban J connectivity index is 1.36. The highest BCUT2D eigenvalue weighted by Crippen LogP contribution is 2.33. The Morgan fingerprint density at radius 3 is 2.94 bits per heavy atom. The summed E-state index contributed by atoms with van der Waals surface area (Å²) in [5.41, 5.74) is 4.76. The van der Waals surface area contributed by atoms with Crippen LogP contribution in [-0.4, -0.2) is 27.6 Å². The molecule has 0 radical (unpaired) electrons. The molecule has 0 saturated carbocycles. The molecule has 1 aromatic carbocycles. The Hall–Kier alpha value is -3.29. The first-order valence-corrected chi connectivity index (χ1v) is 10.7. The number of aromatic nitrogens is 3. The zero-order valence-electron chi connectivity index (χ0n) is 18.0. The van der Waals surface area contributed by atoms with Crippen molar-refractivity contribution in [3.05, 3.63) is 52.2 Å². The highest BCUT2D eigenvalue weighted by Gasteiger charge is 2.29. The molecule has 1 unspecified atom stereocenters. The van der Waals surface area contributed by atoms with Crippen LogP contribution < -0.4 is 14.8 Å². The van der Waals surface area contributed by atoms with Crippen molar-refractivity contribution >= 4 is 11.6 Å². The molecule has 1 aliphatic carbocycles. The molecule has 2 aliphatic rings. The van der Waals surface area contributed by atoms with Crippen LogP contribution in [-0.2, 0) is 19.4 Å². The molecular formula is C23H26N4O4. The van der Waals surface area contributed by atoms with Gasteiger partial charge in [0.15, 0.2) is 17.2 Å². The Morgan fingerprint density at radius 2 is 2.10 bits per heavy atom. The Kier molecular flexibility index (Phi) is 4.92. The molecule has 3 aromatic rings. The van der Waals surface area contributed by atoms with Crippen LogP contribution in [0.3, 0.4) is 0 Å². The summed E-state index contributed by atoms with van der Waals surface area (Å²) in [4.78, 5) is 13.0. The molecule has 0 fully saturated rings. The van der Waals surface area contributed by atoms with Crippen molar-refractivity contribution in [1.82, 2.24) is 14.9 Å². The lowest BCUT2D eigenvalue weighted by Gasteiger charge is -2.19. The van der Waals surface area contributed by atoms with Crippen molar-refractivity contribution in [3.63, 3.8) is 0 Å². The van der Waals surface area contributed by atoms with Crippen LogP contribution in [0.4, 0.5) is 5.69 Å². The fourth-order valence-electron chi connectivity index (χ4n) is 4.42. The number of carbonyl (C=O) groups excluding carboxylic acids is 1. The Labute approximate surface area is 180 Å². The van der Waals surface area contributed by atoms with E-state index in [1.165, 1.54) is 0 Å². The summed E-state index contributed by atoms with van der Waals surface area (Å²) in [6.07, 6.45) is 3.88. The van der Waals surface area contributed by atoms with Gasteiger partial charge in [-0.15, -0.1) is 0 Å². The van der Waals surface area contributed by atoms with E-state index in [-0.39, 0.29) is 12.7 Å². The number of amides is 1. The van der Waals surface area contributed by atoms with Crippen molar-refractivity contribution in [3.8, 4) is 11.5 Å². The van der Waals surface area contributed by atoms with Gasteiger partial charge in [0.2, 0.25) is 6.79 Å². The van der Waals surface area contributed by atoms with Crippen LogP contribution in [0.2, 0.25) is 0 Å². The third kappa shape index (κ3) is 3.56. The number of rotatable bonds is 5. The molecule has 1 N–H and O–H groups in total. The average molecular weight is 422 g/mol. The van der Waals surface area contributed by atoms with E-state index in [1.54, 1.807) is 0 Å². The predicted octanol–water partition coefficient (Wildman–Crippen LogP) is 4.03. The lowest BCUT2D eigenvalue weighted by molar-refractivity contribution is 0.101. The molecule has 0 spiro atoms. The maximum absolute atomic E-state index is 13.0. The first-order chi connectivity index (χ1) is 15.0. The average Bonchev–Trinajstić information content (AvgIpc) is 3.47. The van der Waals surface area contributed by atoms with Gasteiger partial charge in [-0.1, -0.05) is 24.6 Å². The lowest BCUT2D eigenvalue weighted by atomic mass is 9.85. The van der Waals surface area contributed by atoms with Gasteiger partial charge in [-0.05, 0) is 50.3 Å². The maximum atomic E-state index is 13.0. The van der Waals surface area contributed by atoms with Gasteiger partial charge in [0.1, 0.15) is 5.76 Å². The van der Waals surface area contributed by atoms with Crippen LogP contribution in [0.1, 0.15) is 58.5 Å². The number of anilines is 1. The lowest BCUT2D eigenvalue weighted by Crippen LogP contribution is -2.19. The number of benzene rings is 1. The second-order valence-corrected chi connectivity index (χ2v) is 8.30. The maximum Gasteiger partial charge on any atom is 0.278 e. The quantitative estimate of drug-likeness (QED) is 0.667. The van der Waals surface area contributed by atoms with Crippen molar-refractivity contribution in [2.75, 3.05) is 12.1 Å². The summed E-state index contributed by atoms with van der Waals surface area (Å²) in [7, 11) is 0. The van der Waals surface area contributed by atoms with E-state index in [4.69, 9.17) is 14.0 Å². The molecule has 0 saturated heterocycles. The van der Waals surface area contributed by atoms with E-state index in [0.29, 0.717) is 23.8 Å². The second kappa shape index (κ2) is 7.76. The molecule has 8 heteroatoms. The highest BCUT2D eigenvalue weighted by molar-refractivity contribution is 6.04. The van der Waals surface area contributed by atoms with Crippen molar-refractivity contribution < 1.29 is 18.8 Å². The number of nitrogens with zero attached hydrogens (tertiary/aromatic N) is 3. The van der Waals surface area contributed by atoms with Crippen LogP contribution >= 0.6 is 0 Å². The first-order valence-electron chi connectivity index (χ1n) is 10.7. The van der Waals surface area contributed by atoms with Gasteiger partial charge < -0.3 is 19.3 Å². The van der Waals surface area contributed by atoms with Gasteiger partial charge in [0, 0.05) is 12.0 Å². The monoisotopic (exact) mass is 422 g/mol. The van der Waals surface area contributed by atoms with E-state index in [1.807, 2.05) is 36.7 Å². The van der Waals surface area contributed by atoms with Crippen LogP contribution in [0, 0.1) is 19.8 Å². The minimum Gasteiger partial charge on any atom is -0.454 e. The largest absolute Gasteiger partial charge is 0.454 e. The second-order valence-electron chi connectivity index (χ2n) is 8.30. The number of nitrogens with one attached hydrogen (secondary N) is 1. The molecular weight excluding hydrogens is 396 g/mol. The van der Waals surface area contributed by atoms with Gasteiger partial charge in [0.05, 0.1) is 23.6 Å². The van der Waals surface area contributed by atoms with E-state index >= 15 is 0 Å². The summed E-state index contributed by atoms with van der Waals surface area (Å²) in [6.45, 7) is 6.85. The summed E-state index contributed by atoms with van der Waals surface area (Å²) >= 11 is 0. The van der Waals surface area contributed by atoms with E-state index < -0.39 is 0 Å². The molecule has 162 valence electrons. The number of carbonyl (C=O) groups is 1. The molecule has 2 aromatic heterocycles. The normalized spacial score (nSPS) is 16.9. The highest BCUT2D eigenvalue weighted by atomic mass is 16.7. The molecule has 3 heterocycles. The zero-order valence-corrected chi connectivity index (χ0v) is 18.0. The standard InChI is InChI=1S/C23H26N4O4/c1-4-15-5-7-18-17(9-15)22(26-31-18)23(28)24-21-13(2)25-27(14(21)3)11-16-6-8-19-20(10-16)30-12-29-19/h6,8,10,15H,4-5,7,9,11-12H2,1-3H3,(H,24,28). The third-order valence-corrected chi connectivity index (χ3v) is 6.32. The number of hydrogen-bond donors (Lipinski definition) is 1. The molecule has 5 rings (SSSR count). The van der Waals surface area contributed by atoms with E-state index in [9.17, 15) is 4.79 Å². The fraction of sp³-hybridized carbons (Fsp3) is 0.435. The third-order valence-electron chi connectivity index (χ3n) is 6.32. The minimum absolute atomic E-state index is 0.240. The van der Waals surface area contributed by atoms with E-state index in [0.717, 1.165) is 65.5 Å². The molecule has 31 heavy (non-hydrogen) atoms. The Bertz CT molecular complexity index is 1150. The zero-order chi connectivity index (χ0) is 21.5.